The summed E-state index contributed by atoms with van der Waals surface area (Å²) in [6.07, 6.45) is 0.147. The summed E-state index contributed by atoms with van der Waals surface area (Å²) >= 11 is 0. The van der Waals surface area contributed by atoms with Gasteiger partial charge in [0.15, 0.2) is 0 Å². The molecule has 2 rings (SSSR count). The fraction of sp³-hybridized carbons (Fsp3) is 0.364. The van der Waals surface area contributed by atoms with Crippen LogP contribution < -0.4 is 15.1 Å². The van der Waals surface area contributed by atoms with E-state index in [0.29, 0.717) is 5.69 Å². The van der Waals surface area contributed by atoms with Crippen molar-refractivity contribution in [1.82, 2.24) is 0 Å². The van der Waals surface area contributed by atoms with Crippen molar-refractivity contribution in [3.05, 3.63) is 53.8 Å². The Morgan fingerprint density at radius 2 is 1.61 bits per heavy atom. The molecule has 0 saturated carbocycles. The smallest absolute Gasteiger partial charge is 0.226 e. The van der Waals surface area contributed by atoms with Crippen LogP contribution in [0.4, 0.5) is 21.5 Å². The first-order chi connectivity index (χ1) is 13.3. The standard InChI is InChI=1S/C22H28FN3O2/c1-5-25(6-2)20-11-12-21(16(3)15-20)24-22(28)13-14-26(17(4)27)19-9-7-18(23)8-10-19/h7-12,15H,5-6,13-14H2,1-4H3,(H,24,28). The first-order valence-electron chi connectivity index (χ1n) is 9.54. The Bertz CT molecular complexity index is 817. The van der Waals surface area contributed by atoms with Crippen LogP contribution in [0.3, 0.4) is 0 Å². The third kappa shape index (κ3) is 5.55. The van der Waals surface area contributed by atoms with Crippen LogP contribution in [-0.2, 0) is 9.59 Å². The average molecular weight is 385 g/mol. The predicted molar refractivity (Wildman–Crippen MR) is 112 cm³/mol. The van der Waals surface area contributed by atoms with E-state index >= 15 is 0 Å². The lowest BCUT2D eigenvalue weighted by atomic mass is 10.1. The van der Waals surface area contributed by atoms with Gasteiger partial charge in [-0.25, -0.2) is 4.39 Å². The molecule has 0 aliphatic rings. The Morgan fingerprint density at radius 3 is 2.14 bits per heavy atom. The number of rotatable bonds is 8. The molecule has 0 saturated heterocycles. The number of amides is 2. The highest BCUT2D eigenvalue weighted by atomic mass is 19.1. The van der Waals surface area contributed by atoms with Gasteiger partial charge < -0.3 is 15.1 Å². The Balaban J connectivity index is 2.01. The molecule has 2 aromatic carbocycles. The average Bonchev–Trinajstić information content (AvgIpc) is 2.66. The van der Waals surface area contributed by atoms with E-state index in [1.54, 1.807) is 0 Å². The van der Waals surface area contributed by atoms with Gasteiger partial charge in [-0.2, -0.15) is 0 Å². The molecule has 0 fully saturated rings. The van der Waals surface area contributed by atoms with Gasteiger partial charge in [0, 0.05) is 50.0 Å². The number of nitrogens with zero attached hydrogens (tertiary/aromatic N) is 2. The molecule has 0 bridgehead atoms. The quantitative estimate of drug-likeness (QED) is 0.734. The van der Waals surface area contributed by atoms with Crippen LogP contribution in [0.15, 0.2) is 42.5 Å². The zero-order valence-corrected chi connectivity index (χ0v) is 17.0. The van der Waals surface area contributed by atoms with Gasteiger partial charge in [-0.15, -0.1) is 0 Å². The number of carbonyl (C=O) groups excluding carboxylic acids is 2. The monoisotopic (exact) mass is 385 g/mol. The second kappa shape index (κ2) is 9.88. The molecule has 1 N–H and O–H groups in total. The molecule has 0 radical (unpaired) electrons. The summed E-state index contributed by atoms with van der Waals surface area (Å²) in [5.74, 6) is -0.736. The number of aryl methyl sites for hydroxylation is 1. The molecule has 0 aromatic heterocycles. The van der Waals surface area contributed by atoms with Crippen LogP contribution in [-0.4, -0.2) is 31.4 Å². The molecule has 28 heavy (non-hydrogen) atoms. The van der Waals surface area contributed by atoms with E-state index in [-0.39, 0.29) is 30.6 Å². The van der Waals surface area contributed by atoms with Crippen LogP contribution in [0.5, 0.6) is 0 Å². The van der Waals surface area contributed by atoms with Gasteiger partial charge in [0.1, 0.15) is 5.82 Å². The summed E-state index contributed by atoms with van der Waals surface area (Å²) < 4.78 is 13.1. The van der Waals surface area contributed by atoms with E-state index in [2.05, 4.69) is 30.1 Å². The number of halogens is 1. The number of benzene rings is 2. The molecule has 0 heterocycles. The minimum absolute atomic E-state index is 0.147. The topological polar surface area (TPSA) is 52.7 Å². The van der Waals surface area contributed by atoms with Crippen molar-refractivity contribution in [1.29, 1.82) is 0 Å². The van der Waals surface area contributed by atoms with E-state index in [4.69, 9.17) is 0 Å². The highest BCUT2D eigenvalue weighted by Crippen LogP contribution is 2.23. The second-order valence-corrected chi connectivity index (χ2v) is 6.62. The van der Waals surface area contributed by atoms with Gasteiger partial charge in [-0.05, 0) is 68.8 Å². The van der Waals surface area contributed by atoms with Crippen LogP contribution >= 0.6 is 0 Å². The Labute approximate surface area is 166 Å². The summed E-state index contributed by atoms with van der Waals surface area (Å²) in [7, 11) is 0. The minimum atomic E-state index is -0.367. The van der Waals surface area contributed by atoms with Gasteiger partial charge in [0.25, 0.3) is 0 Å². The SMILES string of the molecule is CCN(CC)c1ccc(NC(=O)CCN(C(C)=O)c2ccc(F)cc2)c(C)c1. The highest BCUT2D eigenvalue weighted by molar-refractivity contribution is 5.95. The Morgan fingerprint density at radius 1 is 1.00 bits per heavy atom. The van der Waals surface area contributed by atoms with Crippen LogP contribution in [0.1, 0.15) is 32.8 Å². The Kier molecular flexibility index (Phi) is 7.55. The molecule has 2 aromatic rings. The van der Waals surface area contributed by atoms with Crippen molar-refractivity contribution in [3.63, 3.8) is 0 Å². The van der Waals surface area contributed by atoms with E-state index in [1.807, 2.05) is 19.1 Å². The third-order valence-corrected chi connectivity index (χ3v) is 4.69. The summed E-state index contributed by atoms with van der Waals surface area (Å²) in [6, 6.07) is 11.6. The van der Waals surface area contributed by atoms with E-state index in [0.717, 1.165) is 30.0 Å². The first-order valence-corrected chi connectivity index (χ1v) is 9.54. The normalized spacial score (nSPS) is 10.5. The van der Waals surface area contributed by atoms with Crippen LogP contribution in [0, 0.1) is 12.7 Å². The number of hydrogen-bond donors (Lipinski definition) is 1. The number of anilines is 3. The maximum absolute atomic E-state index is 13.1. The largest absolute Gasteiger partial charge is 0.372 e. The van der Waals surface area contributed by atoms with E-state index in [9.17, 15) is 14.0 Å². The molecule has 0 aliphatic heterocycles. The fourth-order valence-electron chi connectivity index (χ4n) is 3.09. The molecule has 2 amide bonds. The van der Waals surface area contributed by atoms with Crippen molar-refractivity contribution in [2.24, 2.45) is 0 Å². The number of nitrogens with one attached hydrogen (secondary N) is 1. The molecule has 6 heteroatoms. The summed E-state index contributed by atoms with van der Waals surface area (Å²) in [4.78, 5) is 28.0. The van der Waals surface area contributed by atoms with E-state index < -0.39 is 0 Å². The Hall–Kier alpha value is -2.89. The van der Waals surface area contributed by atoms with Gasteiger partial charge in [-0.3, -0.25) is 9.59 Å². The van der Waals surface area contributed by atoms with Gasteiger partial charge >= 0.3 is 0 Å². The van der Waals surface area contributed by atoms with Crippen molar-refractivity contribution in [2.45, 2.75) is 34.1 Å². The first kappa shape index (κ1) is 21.4. The van der Waals surface area contributed by atoms with Gasteiger partial charge in [-0.1, -0.05) is 0 Å². The lowest BCUT2D eigenvalue weighted by Gasteiger charge is -2.23. The van der Waals surface area contributed by atoms with Crippen molar-refractivity contribution in [3.8, 4) is 0 Å². The van der Waals surface area contributed by atoms with Gasteiger partial charge in [0.2, 0.25) is 11.8 Å². The molecular weight excluding hydrogens is 357 g/mol. The minimum Gasteiger partial charge on any atom is -0.372 e. The predicted octanol–water partition coefficient (Wildman–Crippen LogP) is 4.36. The maximum Gasteiger partial charge on any atom is 0.226 e. The molecule has 5 nitrogen and oxygen atoms in total. The third-order valence-electron chi connectivity index (χ3n) is 4.69. The summed E-state index contributed by atoms with van der Waals surface area (Å²) in [6.45, 7) is 9.67. The molecule has 0 spiro atoms. The lowest BCUT2D eigenvalue weighted by Crippen LogP contribution is -2.32. The fourth-order valence-corrected chi connectivity index (χ4v) is 3.09. The van der Waals surface area contributed by atoms with Crippen LogP contribution in [0.25, 0.3) is 0 Å². The lowest BCUT2D eigenvalue weighted by molar-refractivity contribution is -0.117. The van der Waals surface area contributed by atoms with Gasteiger partial charge in [0.05, 0.1) is 0 Å². The molecule has 150 valence electrons. The second-order valence-electron chi connectivity index (χ2n) is 6.62. The number of hydrogen-bond acceptors (Lipinski definition) is 3. The molecule has 0 unspecified atom stereocenters. The maximum atomic E-state index is 13.1. The zero-order chi connectivity index (χ0) is 20.7. The zero-order valence-electron chi connectivity index (χ0n) is 17.0. The molecule has 0 atom stereocenters. The van der Waals surface area contributed by atoms with E-state index in [1.165, 1.54) is 36.1 Å². The molecular formula is C22H28FN3O2. The molecule has 0 aliphatic carbocycles. The number of carbonyl (C=O) groups is 2. The highest BCUT2D eigenvalue weighted by Gasteiger charge is 2.14. The van der Waals surface area contributed by atoms with Crippen molar-refractivity contribution >= 4 is 28.9 Å². The van der Waals surface area contributed by atoms with Crippen molar-refractivity contribution in [2.75, 3.05) is 34.8 Å². The van der Waals surface area contributed by atoms with Crippen LogP contribution in [0.2, 0.25) is 0 Å². The van der Waals surface area contributed by atoms with Crippen molar-refractivity contribution < 1.29 is 14.0 Å². The summed E-state index contributed by atoms with van der Waals surface area (Å²) in [5.41, 5.74) is 3.44. The summed E-state index contributed by atoms with van der Waals surface area (Å²) in [5, 5.41) is 2.91.